The van der Waals surface area contributed by atoms with Crippen molar-refractivity contribution in [3.05, 3.63) is 29.6 Å². The van der Waals surface area contributed by atoms with Crippen molar-refractivity contribution in [2.45, 2.75) is 52.1 Å². The smallest absolute Gasteiger partial charge is 0.146 e. The normalized spacial score (nSPS) is 16.7. The zero-order valence-corrected chi connectivity index (χ0v) is 12.3. The minimum Gasteiger partial charge on any atom is -0.369 e. The van der Waals surface area contributed by atoms with E-state index in [2.05, 4.69) is 31.0 Å². The minimum atomic E-state index is -0.0879. The van der Waals surface area contributed by atoms with Crippen LogP contribution in [0, 0.1) is 5.82 Å². The summed E-state index contributed by atoms with van der Waals surface area (Å²) in [5.74, 6) is -0.0879. The molecule has 106 valence electrons. The molecule has 1 aromatic rings. The van der Waals surface area contributed by atoms with E-state index in [1.54, 1.807) is 6.07 Å². The summed E-state index contributed by atoms with van der Waals surface area (Å²) < 4.78 is 14.2. The van der Waals surface area contributed by atoms with Gasteiger partial charge < -0.3 is 10.2 Å². The van der Waals surface area contributed by atoms with Crippen LogP contribution in [-0.2, 0) is 6.54 Å². The van der Waals surface area contributed by atoms with Crippen molar-refractivity contribution < 1.29 is 4.39 Å². The number of nitrogens with zero attached hydrogens (tertiary/aromatic N) is 1. The highest BCUT2D eigenvalue weighted by molar-refractivity contribution is 5.55. The fourth-order valence-electron chi connectivity index (χ4n) is 2.53. The van der Waals surface area contributed by atoms with Crippen molar-refractivity contribution in [2.24, 2.45) is 0 Å². The van der Waals surface area contributed by atoms with Gasteiger partial charge in [0.05, 0.1) is 5.69 Å². The summed E-state index contributed by atoms with van der Waals surface area (Å²) in [5, 5.41) is 3.45. The van der Waals surface area contributed by atoms with Crippen LogP contribution in [0.2, 0.25) is 0 Å². The van der Waals surface area contributed by atoms with Crippen LogP contribution in [0.4, 0.5) is 10.1 Å². The maximum Gasteiger partial charge on any atom is 0.146 e. The fraction of sp³-hybridized carbons (Fsp3) is 0.625. The molecular formula is C16H25FN2. The van der Waals surface area contributed by atoms with Gasteiger partial charge in [0.15, 0.2) is 0 Å². The number of hydrogen-bond acceptors (Lipinski definition) is 2. The first-order valence-corrected chi connectivity index (χ1v) is 7.25. The number of rotatable bonds is 3. The third-order valence-electron chi connectivity index (χ3n) is 3.55. The molecule has 19 heavy (non-hydrogen) atoms. The Morgan fingerprint density at radius 3 is 2.47 bits per heavy atom. The number of hydrogen-bond donors (Lipinski definition) is 1. The second kappa shape index (κ2) is 5.91. The second-order valence-corrected chi connectivity index (χ2v) is 6.40. The van der Waals surface area contributed by atoms with Gasteiger partial charge in [-0.25, -0.2) is 4.39 Å². The van der Waals surface area contributed by atoms with Crippen LogP contribution in [0.5, 0.6) is 0 Å². The van der Waals surface area contributed by atoms with E-state index in [9.17, 15) is 4.39 Å². The molecule has 1 aliphatic rings. The summed E-state index contributed by atoms with van der Waals surface area (Å²) in [7, 11) is 0. The Morgan fingerprint density at radius 2 is 1.84 bits per heavy atom. The molecule has 0 unspecified atom stereocenters. The lowest BCUT2D eigenvalue weighted by Crippen LogP contribution is -2.36. The predicted octanol–water partition coefficient (Wildman–Crippen LogP) is 3.70. The van der Waals surface area contributed by atoms with Gasteiger partial charge in [0.1, 0.15) is 5.82 Å². The fourth-order valence-corrected chi connectivity index (χ4v) is 2.53. The summed E-state index contributed by atoms with van der Waals surface area (Å²) in [4.78, 5) is 2.21. The lowest BCUT2D eigenvalue weighted by molar-refractivity contribution is 0.423. The van der Waals surface area contributed by atoms with Crippen LogP contribution in [0.15, 0.2) is 18.2 Å². The summed E-state index contributed by atoms with van der Waals surface area (Å²) in [6, 6.07) is 5.42. The van der Waals surface area contributed by atoms with Gasteiger partial charge in [-0.15, -0.1) is 0 Å². The third-order valence-corrected chi connectivity index (χ3v) is 3.55. The number of piperidine rings is 1. The summed E-state index contributed by atoms with van der Waals surface area (Å²) in [6.07, 6.45) is 3.60. The van der Waals surface area contributed by atoms with E-state index in [1.807, 2.05) is 12.1 Å². The van der Waals surface area contributed by atoms with Crippen molar-refractivity contribution in [1.82, 2.24) is 5.32 Å². The van der Waals surface area contributed by atoms with Crippen LogP contribution >= 0.6 is 0 Å². The average molecular weight is 264 g/mol. The van der Waals surface area contributed by atoms with E-state index < -0.39 is 0 Å². The van der Waals surface area contributed by atoms with E-state index in [-0.39, 0.29) is 11.4 Å². The molecule has 0 bridgehead atoms. The van der Waals surface area contributed by atoms with Crippen molar-refractivity contribution in [1.29, 1.82) is 0 Å². The van der Waals surface area contributed by atoms with Gasteiger partial charge in [-0.1, -0.05) is 12.1 Å². The molecule has 3 heteroatoms. The molecule has 0 aliphatic carbocycles. The van der Waals surface area contributed by atoms with E-state index in [4.69, 9.17) is 0 Å². The molecule has 1 aromatic carbocycles. The van der Waals surface area contributed by atoms with Gasteiger partial charge in [-0.3, -0.25) is 0 Å². The lowest BCUT2D eigenvalue weighted by atomic mass is 10.0. The molecule has 1 N–H and O–H groups in total. The number of anilines is 1. The maximum atomic E-state index is 14.2. The highest BCUT2D eigenvalue weighted by Crippen LogP contribution is 2.27. The highest BCUT2D eigenvalue weighted by atomic mass is 19.1. The summed E-state index contributed by atoms with van der Waals surface area (Å²) in [6.45, 7) is 9.06. The largest absolute Gasteiger partial charge is 0.369 e. The monoisotopic (exact) mass is 264 g/mol. The van der Waals surface area contributed by atoms with Crippen LogP contribution in [0.1, 0.15) is 45.6 Å². The predicted molar refractivity (Wildman–Crippen MR) is 79.1 cm³/mol. The Kier molecular flexibility index (Phi) is 4.46. The molecule has 1 aliphatic heterocycles. The van der Waals surface area contributed by atoms with Gasteiger partial charge in [-0.2, -0.15) is 0 Å². The molecule has 0 saturated carbocycles. The van der Waals surface area contributed by atoms with Crippen LogP contribution in [-0.4, -0.2) is 18.6 Å². The molecule has 1 saturated heterocycles. The Morgan fingerprint density at radius 1 is 1.16 bits per heavy atom. The first-order valence-electron chi connectivity index (χ1n) is 7.25. The molecule has 2 rings (SSSR count). The average Bonchev–Trinajstić information content (AvgIpc) is 2.36. The molecule has 0 spiro atoms. The summed E-state index contributed by atoms with van der Waals surface area (Å²) in [5.41, 5.74) is 1.92. The number of para-hydroxylation sites is 1. The third kappa shape index (κ3) is 3.93. The molecule has 1 fully saturated rings. The van der Waals surface area contributed by atoms with Gasteiger partial charge in [-0.05, 0) is 51.7 Å². The zero-order valence-electron chi connectivity index (χ0n) is 12.3. The molecule has 0 amide bonds. The van der Waals surface area contributed by atoms with Gasteiger partial charge in [0.2, 0.25) is 0 Å². The van der Waals surface area contributed by atoms with Crippen molar-refractivity contribution in [3.63, 3.8) is 0 Å². The van der Waals surface area contributed by atoms with Crippen molar-refractivity contribution >= 4 is 5.69 Å². The Bertz CT molecular complexity index is 417. The van der Waals surface area contributed by atoms with Crippen molar-refractivity contribution in [3.8, 4) is 0 Å². The molecule has 0 aromatic heterocycles. The summed E-state index contributed by atoms with van der Waals surface area (Å²) >= 11 is 0. The quantitative estimate of drug-likeness (QED) is 0.895. The molecule has 2 nitrogen and oxygen atoms in total. The maximum absolute atomic E-state index is 14.2. The second-order valence-electron chi connectivity index (χ2n) is 6.40. The van der Waals surface area contributed by atoms with Crippen LogP contribution in [0.25, 0.3) is 0 Å². The number of halogens is 1. The number of nitrogens with one attached hydrogen (secondary N) is 1. The standard InChI is InChI=1S/C16H25FN2/c1-16(2,3)18-12-13-8-7-9-14(17)15(13)19-10-5-4-6-11-19/h7-9,18H,4-6,10-12H2,1-3H3. The van der Waals surface area contributed by atoms with E-state index in [0.717, 1.165) is 24.3 Å². The first-order chi connectivity index (χ1) is 8.97. The number of benzene rings is 1. The molecular weight excluding hydrogens is 239 g/mol. The van der Waals surface area contributed by atoms with E-state index in [1.165, 1.54) is 19.3 Å². The minimum absolute atomic E-state index is 0.0471. The zero-order chi connectivity index (χ0) is 13.9. The highest BCUT2D eigenvalue weighted by Gasteiger charge is 2.19. The van der Waals surface area contributed by atoms with Gasteiger partial charge in [0.25, 0.3) is 0 Å². The van der Waals surface area contributed by atoms with Gasteiger partial charge in [0, 0.05) is 25.2 Å². The molecule has 1 heterocycles. The molecule has 0 radical (unpaired) electrons. The van der Waals surface area contributed by atoms with Crippen molar-refractivity contribution in [2.75, 3.05) is 18.0 Å². The van der Waals surface area contributed by atoms with Gasteiger partial charge >= 0.3 is 0 Å². The first kappa shape index (κ1) is 14.3. The van der Waals surface area contributed by atoms with Crippen LogP contribution < -0.4 is 10.2 Å². The van der Waals surface area contributed by atoms with Crippen LogP contribution in [0.3, 0.4) is 0 Å². The Hall–Kier alpha value is -1.09. The Labute approximate surface area is 116 Å². The van der Waals surface area contributed by atoms with E-state index >= 15 is 0 Å². The van der Waals surface area contributed by atoms with E-state index in [0.29, 0.717) is 6.54 Å². The topological polar surface area (TPSA) is 15.3 Å². The SMILES string of the molecule is CC(C)(C)NCc1cccc(F)c1N1CCCCC1. The Balaban J connectivity index is 2.20. The lowest BCUT2D eigenvalue weighted by Gasteiger charge is -2.31. The molecule has 0 atom stereocenters.